The van der Waals surface area contributed by atoms with E-state index in [1.165, 1.54) is 12.1 Å². The van der Waals surface area contributed by atoms with Crippen molar-refractivity contribution in [3.63, 3.8) is 0 Å². The van der Waals surface area contributed by atoms with Gasteiger partial charge in [0, 0.05) is 6.04 Å². The van der Waals surface area contributed by atoms with E-state index in [2.05, 4.69) is 11.9 Å². The van der Waals surface area contributed by atoms with E-state index in [-0.39, 0.29) is 29.1 Å². The summed E-state index contributed by atoms with van der Waals surface area (Å²) < 4.78 is 68.6. The monoisotopic (exact) mass is 624 g/mol. The van der Waals surface area contributed by atoms with Gasteiger partial charge in [0.2, 0.25) is 0 Å². The van der Waals surface area contributed by atoms with E-state index in [0.717, 1.165) is 6.42 Å². The number of benzene rings is 2. The van der Waals surface area contributed by atoms with E-state index in [4.69, 9.17) is 9.47 Å². The molecule has 0 spiro atoms. The van der Waals surface area contributed by atoms with Crippen LogP contribution in [0.1, 0.15) is 70.6 Å². The second-order valence-corrected chi connectivity index (χ2v) is 11.7. The van der Waals surface area contributed by atoms with Gasteiger partial charge in [0.15, 0.2) is 5.82 Å². The number of carbonyl (C=O) groups is 3. The molecule has 2 aromatic rings. The van der Waals surface area contributed by atoms with Gasteiger partial charge in [-0.05, 0) is 62.3 Å². The highest BCUT2D eigenvalue weighted by Crippen LogP contribution is 2.39. The number of hydrogen-bond acceptors (Lipinski definition) is 5. The molecule has 2 amide bonds. The third-order valence-corrected chi connectivity index (χ3v) is 6.35. The average Bonchev–Trinajstić information content (AvgIpc) is 2.90. The number of carboxylic acid groups (broad SMARTS) is 1. The van der Waals surface area contributed by atoms with Crippen LogP contribution in [0.4, 0.5) is 28.0 Å². The van der Waals surface area contributed by atoms with Crippen molar-refractivity contribution in [2.45, 2.75) is 84.7 Å². The molecule has 2 aromatic carbocycles. The minimum Gasteiger partial charge on any atom is -0.487 e. The fourth-order valence-corrected chi connectivity index (χ4v) is 4.42. The fraction of sp³-hybridized carbons (Fsp3) is 0.469. The van der Waals surface area contributed by atoms with Crippen LogP contribution in [-0.2, 0) is 27.4 Å². The number of rotatable bonds is 14. The molecule has 1 unspecified atom stereocenters. The van der Waals surface area contributed by atoms with Crippen LogP contribution in [0, 0.1) is 11.7 Å². The van der Waals surface area contributed by atoms with Gasteiger partial charge >= 0.3 is 24.1 Å². The van der Waals surface area contributed by atoms with Crippen LogP contribution in [0.3, 0.4) is 0 Å². The molecule has 0 saturated heterocycles. The predicted octanol–water partition coefficient (Wildman–Crippen LogP) is 7.29. The molecule has 242 valence electrons. The summed E-state index contributed by atoms with van der Waals surface area (Å²) in [4.78, 5) is 36.5. The zero-order valence-corrected chi connectivity index (χ0v) is 25.6. The third-order valence-electron chi connectivity index (χ3n) is 6.35. The summed E-state index contributed by atoms with van der Waals surface area (Å²) in [6, 6.07) is 8.93. The Morgan fingerprint density at radius 2 is 1.73 bits per heavy atom. The van der Waals surface area contributed by atoms with Crippen LogP contribution in [-0.4, -0.2) is 47.4 Å². The smallest absolute Gasteiger partial charge is 0.471 e. The minimum atomic E-state index is -5.52. The Kier molecular flexibility index (Phi) is 12.8. The molecule has 8 nitrogen and oxygen atoms in total. The van der Waals surface area contributed by atoms with Gasteiger partial charge in [0.1, 0.15) is 30.2 Å². The lowest BCUT2D eigenvalue weighted by atomic mass is 9.94. The van der Waals surface area contributed by atoms with E-state index in [0.29, 0.717) is 24.3 Å². The van der Waals surface area contributed by atoms with Crippen molar-refractivity contribution in [1.29, 1.82) is 0 Å². The zero-order chi connectivity index (χ0) is 33.2. The maximum Gasteiger partial charge on any atom is 0.471 e. The van der Waals surface area contributed by atoms with E-state index in [1.807, 2.05) is 13.8 Å². The van der Waals surface area contributed by atoms with E-state index in [9.17, 15) is 32.7 Å². The van der Waals surface area contributed by atoms with Crippen molar-refractivity contribution < 1.29 is 46.5 Å². The Morgan fingerprint density at radius 1 is 1.09 bits per heavy atom. The summed E-state index contributed by atoms with van der Waals surface area (Å²) in [5.74, 6) is -5.84. The van der Waals surface area contributed by atoms with Crippen LogP contribution in [0.25, 0.3) is 6.08 Å². The number of nitrogens with one attached hydrogen (secondary N) is 1. The van der Waals surface area contributed by atoms with E-state index in [1.54, 1.807) is 51.1 Å². The molecule has 44 heavy (non-hydrogen) atoms. The van der Waals surface area contributed by atoms with Crippen LogP contribution >= 0.6 is 0 Å². The van der Waals surface area contributed by atoms with Gasteiger partial charge in [-0.1, -0.05) is 69.7 Å². The number of carboxylic acids is 1. The summed E-state index contributed by atoms with van der Waals surface area (Å²) >= 11 is 0. The molecule has 1 atom stereocenters. The summed E-state index contributed by atoms with van der Waals surface area (Å²) in [7, 11) is 0. The first kappa shape index (κ1) is 36.1. The maximum atomic E-state index is 16.5. The van der Waals surface area contributed by atoms with Crippen molar-refractivity contribution in [3.8, 4) is 5.75 Å². The highest BCUT2D eigenvalue weighted by atomic mass is 19.4. The van der Waals surface area contributed by atoms with Crippen molar-refractivity contribution in [2.24, 2.45) is 5.92 Å². The Balaban J connectivity index is 2.70. The summed E-state index contributed by atoms with van der Waals surface area (Å²) in [6.45, 7) is 11.0. The number of nitrogens with zero attached hydrogens (tertiary/aromatic N) is 1. The zero-order valence-electron chi connectivity index (χ0n) is 25.6. The molecule has 2 N–H and O–H groups in total. The summed E-state index contributed by atoms with van der Waals surface area (Å²) in [6.07, 6.45) is -3.46. The normalized spacial score (nSPS) is 12.4. The van der Waals surface area contributed by atoms with Gasteiger partial charge in [0.05, 0.1) is 0 Å². The van der Waals surface area contributed by atoms with Gasteiger partial charge in [-0.3, -0.25) is 14.5 Å². The number of anilines is 1. The van der Waals surface area contributed by atoms with Gasteiger partial charge in [-0.25, -0.2) is 9.18 Å². The van der Waals surface area contributed by atoms with E-state index < -0.39 is 59.6 Å². The second kappa shape index (κ2) is 15.6. The average molecular weight is 625 g/mol. The number of alkyl carbamates (subject to hydrolysis) is 1. The molecule has 0 bridgehead atoms. The maximum absolute atomic E-state index is 16.5. The lowest BCUT2D eigenvalue weighted by Crippen LogP contribution is -2.45. The number of aliphatic carboxylic acids is 1. The van der Waals surface area contributed by atoms with Crippen LogP contribution in [0.15, 0.2) is 43.0 Å². The Bertz CT molecular complexity index is 1310. The predicted molar refractivity (Wildman–Crippen MR) is 159 cm³/mol. The number of amides is 2. The Labute approximate surface area is 255 Å². The molecule has 0 fully saturated rings. The van der Waals surface area contributed by atoms with Gasteiger partial charge in [0.25, 0.3) is 0 Å². The fourth-order valence-electron chi connectivity index (χ4n) is 4.42. The summed E-state index contributed by atoms with van der Waals surface area (Å²) in [5, 5.41) is 12.1. The Morgan fingerprint density at radius 3 is 2.25 bits per heavy atom. The molecule has 0 aliphatic carbocycles. The molecule has 0 aliphatic heterocycles. The van der Waals surface area contributed by atoms with Crippen LogP contribution in [0.5, 0.6) is 5.75 Å². The molecule has 0 saturated carbocycles. The lowest BCUT2D eigenvalue weighted by molar-refractivity contribution is -0.171. The molecule has 0 radical (unpaired) electrons. The first-order chi connectivity index (χ1) is 20.4. The number of alkyl halides is 3. The number of hydrogen-bond donors (Lipinski definition) is 2. The van der Waals surface area contributed by atoms with Gasteiger partial charge in [-0.2, -0.15) is 13.2 Å². The highest BCUT2D eigenvalue weighted by molar-refractivity contribution is 6.02. The topological polar surface area (TPSA) is 105 Å². The second-order valence-electron chi connectivity index (χ2n) is 11.7. The first-order valence-corrected chi connectivity index (χ1v) is 14.2. The third kappa shape index (κ3) is 11.2. The molecular formula is C32H40F4N2O6. The number of ether oxygens (including phenoxy) is 2. The van der Waals surface area contributed by atoms with Crippen molar-refractivity contribution in [2.75, 3.05) is 11.4 Å². The molecule has 0 heterocycles. The molecule has 0 aromatic heterocycles. The van der Waals surface area contributed by atoms with Gasteiger partial charge in [-0.15, -0.1) is 0 Å². The standard InChI is InChI=1S/C32H40F4N2O6/c1-7-22-16-25(43-19-21-13-9-8-10-14-21)28(38(18-26(39)40)29(41)32(34,35)36)27(33)24(22)17-23(15-11-12-20(2)3)37-30(42)44-31(4,5)6/h7-10,13-14,16,20,23H,1,11-12,15,17-19H2,2-6H3,(H,37,42)(H,39,40). The SMILES string of the molecule is C=Cc1cc(OCc2ccccc2)c(N(CC(=O)O)C(=O)C(F)(F)F)c(F)c1CC(CCCC(C)C)NC(=O)OC(C)(C)C. The number of carbonyl (C=O) groups excluding carboxylic acids is 2. The van der Waals surface area contributed by atoms with E-state index >= 15 is 4.39 Å². The molecule has 12 heteroatoms. The molecule has 0 aliphatic rings. The van der Waals surface area contributed by atoms with Crippen molar-refractivity contribution >= 4 is 29.7 Å². The number of halogens is 4. The minimum absolute atomic E-state index is 0.129. The van der Waals surface area contributed by atoms with Gasteiger partial charge < -0.3 is 19.9 Å². The van der Waals surface area contributed by atoms with Crippen molar-refractivity contribution in [1.82, 2.24) is 5.32 Å². The summed E-state index contributed by atoms with van der Waals surface area (Å²) in [5.41, 5.74) is -1.28. The highest BCUT2D eigenvalue weighted by Gasteiger charge is 2.45. The lowest BCUT2D eigenvalue weighted by Gasteiger charge is -2.28. The molecule has 2 rings (SSSR count). The van der Waals surface area contributed by atoms with Crippen LogP contribution in [0.2, 0.25) is 0 Å². The quantitative estimate of drug-likeness (QED) is 0.214. The first-order valence-electron chi connectivity index (χ1n) is 14.2. The van der Waals surface area contributed by atoms with Crippen LogP contribution < -0.4 is 15.0 Å². The molecular weight excluding hydrogens is 584 g/mol. The largest absolute Gasteiger partial charge is 0.487 e. The Hall–Kier alpha value is -4.09. The van der Waals surface area contributed by atoms with Crippen molar-refractivity contribution in [3.05, 3.63) is 65.5 Å².